The van der Waals surface area contributed by atoms with Gasteiger partial charge in [-0.1, -0.05) is 11.6 Å². The summed E-state index contributed by atoms with van der Waals surface area (Å²) in [6, 6.07) is 5.68. The molecule has 0 bridgehead atoms. The van der Waals surface area contributed by atoms with E-state index in [1.807, 2.05) is 24.5 Å². The van der Waals surface area contributed by atoms with Crippen LogP contribution in [0.3, 0.4) is 0 Å². The van der Waals surface area contributed by atoms with Crippen molar-refractivity contribution in [2.75, 3.05) is 39.4 Å². The molecule has 0 unspecified atom stereocenters. The highest BCUT2D eigenvalue weighted by atomic mass is 35.5. The molecule has 0 spiro atoms. The number of hydrogen-bond acceptors (Lipinski definition) is 6. The van der Waals surface area contributed by atoms with E-state index in [1.165, 1.54) is 12.8 Å². The molecule has 0 atom stereocenters. The highest BCUT2D eigenvalue weighted by molar-refractivity contribution is 6.29. The van der Waals surface area contributed by atoms with E-state index in [0.29, 0.717) is 11.1 Å². The summed E-state index contributed by atoms with van der Waals surface area (Å²) in [7, 11) is 0. The van der Waals surface area contributed by atoms with E-state index in [2.05, 4.69) is 36.0 Å². The Balaban J connectivity index is 1.22. The number of piperidine rings is 1. The van der Waals surface area contributed by atoms with Crippen molar-refractivity contribution in [3.8, 4) is 11.1 Å². The average molecular weight is 413 g/mol. The minimum Gasteiger partial charge on any atom is -0.379 e. The second-order valence-electron chi connectivity index (χ2n) is 7.81. The normalized spacial score (nSPS) is 19.8. The third-order valence-corrected chi connectivity index (χ3v) is 6.10. The van der Waals surface area contributed by atoms with Gasteiger partial charge < -0.3 is 4.74 Å². The summed E-state index contributed by atoms with van der Waals surface area (Å²) < 4.78 is 7.53. The molecule has 8 heteroatoms. The summed E-state index contributed by atoms with van der Waals surface area (Å²) in [4.78, 5) is 8.87. The number of hydrogen-bond donors (Lipinski definition) is 0. The van der Waals surface area contributed by atoms with Gasteiger partial charge in [0.15, 0.2) is 0 Å². The zero-order chi connectivity index (χ0) is 19.6. The van der Waals surface area contributed by atoms with Crippen molar-refractivity contribution in [3.63, 3.8) is 0 Å². The van der Waals surface area contributed by atoms with E-state index in [4.69, 9.17) is 16.3 Å². The summed E-state index contributed by atoms with van der Waals surface area (Å²) in [6.07, 6.45) is 8.30. The molecule has 0 amide bonds. The Labute approximate surface area is 175 Å². The lowest BCUT2D eigenvalue weighted by atomic mass is 9.97. The predicted molar refractivity (Wildman–Crippen MR) is 112 cm³/mol. The van der Waals surface area contributed by atoms with Gasteiger partial charge in [0.1, 0.15) is 5.15 Å². The Morgan fingerprint density at radius 1 is 0.966 bits per heavy atom. The lowest BCUT2D eigenvalue weighted by Crippen LogP contribution is -2.51. The topological polar surface area (TPSA) is 59.3 Å². The van der Waals surface area contributed by atoms with E-state index in [-0.39, 0.29) is 0 Å². The molecule has 0 aromatic carbocycles. The van der Waals surface area contributed by atoms with Crippen LogP contribution in [0.15, 0.2) is 36.8 Å². The summed E-state index contributed by atoms with van der Waals surface area (Å²) in [5, 5.41) is 10.0. The molecule has 0 radical (unpaired) electrons. The molecular formula is C21H25ClN6O. The predicted octanol–water partition coefficient (Wildman–Crippen LogP) is 3.11. The van der Waals surface area contributed by atoms with Crippen LogP contribution in [0.1, 0.15) is 12.8 Å². The van der Waals surface area contributed by atoms with E-state index in [9.17, 15) is 0 Å². The molecule has 29 heavy (non-hydrogen) atoms. The maximum atomic E-state index is 6.02. The number of pyridine rings is 2. The molecule has 3 aromatic heterocycles. The van der Waals surface area contributed by atoms with Gasteiger partial charge in [-0.25, -0.2) is 15.0 Å². The molecule has 0 N–H and O–H groups in total. The molecular weight excluding hydrogens is 388 g/mol. The first-order valence-electron chi connectivity index (χ1n) is 10.3. The Kier molecular flexibility index (Phi) is 5.46. The second-order valence-corrected chi connectivity index (χ2v) is 8.20. The number of fused-ring (bicyclic) bond motifs is 1. The molecule has 2 aliphatic rings. The van der Waals surface area contributed by atoms with Crippen molar-refractivity contribution < 1.29 is 4.74 Å². The Bertz CT molecular complexity index is 978. The van der Waals surface area contributed by atoms with Crippen LogP contribution in [0, 0.1) is 5.92 Å². The Morgan fingerprint density at radius 2 is 1.76 bits per heavy atom. The smallest absolute Gasteiger partial charge is 0.129 e. The third kappa shape index (κ3) is 4.28. The van der Waals surface area contributed by atoms with Crippen LogP contribution in [0.5, 0.6) is 0 Å². The van der Waals surface area contributed by atoms with Crippen LogP contribution in [-0.2, 0) is 11.3 Å². The van der Waals surface area contributed by atoms with Crippen molar-refractivity contribution in [2.45, 2.75) is 19.4 Å². The van der Waals surface area contributed by atoms with Crippen LogP contribution in [0.25, 0.3) is 22.2 Å². The van der Waals surface area contributed by atoms with E-state index < -0.39 is 0 Å². The summed E-state index contributed by atoms with van der Waals surface area (Å²) in [5.74, 6) is 0.662. The Hall–Kier alpha value is -2.06. The number of aromatic nitrogens is 4. The van der Waals surface area contributed by atoms with Crippen molar-refractivity contribution in [1.82, 2.24) is 29.8 Å². The highest BCUT2D eigenvalue weighted by Gasteiger charge is 2.25. The van der Waals surface area contributed by atoms with Crippen molar-refractivity contribution in [3.05, 3.63) is 41.9 Å². The minimum absolute atomic E-state index is 0.482. The molecule has 3 aromatic rings. The number of rotatable bonds is 4. The quantitative estimate of drug-likeness (QED) is 0.614. The van der Waals surface area contributed by atoms with Crippen LogP contribution in [0.2, 0.25) is 5.15 Å². The maximum absolute atomic E-state index is 6.02. The first kappa shape index (κ1) is 18.9. The number of nitrogens with zero attached hydrogens (tertiary/aromatic N) is 6. The second kappa shape index (κ2) is 8.36. The van der Waals surface area contributed by atoms with Crippen molar-refractivity contribution in [2.24, 2.45) is 5.92 Å². The molecule has 2 fully saturated rings. The van der Waals surface area contributed by atoms with E-state index in [0.717, 1.165) is 68.1 Å². The van der Waals surface area contributed by atoms with Gasteiger partial charge in [0.05, 0.1) is 30.4 Å². The van der Waals surface area contributed by atoms with Gasteiger partial charge in [0.25, 0.3) is 0 Å². The number of ether oxygens (including phenoxy) is 1. The fraction of sp³-hybridized carbons (Fsp3) is 0.476. The van der Waals surface area contributed by atoms with E-state index >= 15 is 0 Å². The lowest BCUT2D eigenvalue weighted by molar-refractivity contribution is -0.104. The molecule has 152 valence electrons. The molecule has 7 nitrogen and oxygen atoms in total. The SMILES string of the molecule is Clc1ccc2ncc(-c3cnn(CC4CCN(N5CCOCC5)CC4)c3)cc2n1. The number of morpholine rings is 1. The van der Waals surface area contributed by atoms with Gasteiger partial charge in [-0.2, -0.15) is 5.10 Å². The van der Waals surface area contributed by atoms with Gasteiger partial charge in [-0.3, -0.25) is 9.67 Å². The number of halogens is 1. The van der Waals surface area contributed by atoms with Crippen LogP contribution < -0.4 is 0 Å². The van der Waals surface area contributed by atoms with Crippen LogP contribution >= 0.6 is 11.6 Å². The van der Waals surface area contributed by atoms with Gasteiger partial charge in [0, 0.05) is 56.2 Å². The van der Waals surface area contributed by atoms with Crippen molar-refractivity contribution >= 4 is 22.6 Å². The molecule has 0 saturated carbocycles. The van der Waals surface area contributed by atoms with E-state index in [1.54, 1.807) is 6.07 Å². The van der Waals surface area contributed by atoms with Crippen molar-refractivity contribution in [1.29, 1.82) is 0 Å². The maximum Gasteiger partial charge on any atom is 0.129 e. The summed E-state index contributed by atoms with van der Waals surface area (Å²) in [5.41, 5.74) is 3.73. The third-order valence-electron chi connectivity index (χ3n) is 5.89. The fourth-order valence-electron chi connectivity index (χ4n) is 4.24. The Morgan fingerprint density at radius 3 is 2.59 bits per heavy atom. The fourth-order valence-corrected chi connectivity index (χ4v) is 4.39. The summed E-state index contributed by atoms with van der Waals surface area (Å²) >= 11 is 6.02. The van der Waals surface area contributed by atoms with Gasteiger partial charge in [0.2, 0.25) is 0 Å². The first-order chi connectivity index (χ1) is 14.2. The zero-order valence-corrected chi connectivity index (χ0v) is 17.1. The average Bonchev–Trinajstić information content (AvgIpc) is 3.23. The van der Waals surface area contributed by atoms with Crippen LogP contribution in [-0.4, -0.2) is 69.2 Å². The summed E-state index contributed by atoms with van der Waals surface area (Å²) in [6.45, 7) is 6.95. The van der Waals surface area contributed by atoms with Gasteiger partial charge in [-0.05, 0) is 37.0 Å². The van der Waals surface area contributed by atoms with Crippen LogP contribution in [0.4, 0.5) is 0 Å². The standard InChI is InChI=1S/C21H25ClN6O/c22-21-2-1-19-20(25-21)11-17(12-23-19)18-13-24-26(15-18)14-16-3-5-27(6-4-16)28-7-9-29-10-8-28/h1-2,11-13,15-16H,3-10,14H2. The minimum atomic E-state index is 0.482. The first-order valence-corrected chi connectivity index (χ1v) is 10.6. The van der Waals surface area contributed by atoms with Gasteiger partial charge >= 0.3 is 0 Å². The van der Waals surface area contributed by atoms with Gasteiger partial charge in [-0.15, -0.1) is 0 Å². The molecule has 0 aliphatic carbocycles. The number of hydrazine groups is 1. The molecule has 5 heterocycles. The zero-order valence-electron chi connectivity index (χ0n) is 16.4. The molecule has 2 saturated heterocycles. The molecule has 2 aliphatic heterocycles. The lowest BCUT2D eigenvalue weighted by Gasteiger charge is -2.41. The highest BCUT2D eigenvalue weighted by Crippen LogP contribution is 2.24. The molecule has 5 rings (SSSR count). The monoisotopic (exact) mass is 412 g/mol. The largest absolute Gasteiger partial charge is 0.379 e.